The Kier molecular flexibility index (Phi) is 12.6. The maximum absolute atomic E-state index is 13.8. The molecule has 1 heterocycles. The van der Waals surface area contributed by atoms with E-state index in [-0.39, 0.29) is 37.0 Å². The molecule has 0 bridgehead atoms. The predicted molar refractivity (Wildman–Crippen MR) is 201 cm³/mol. The van der Waals surface area contributed by atoms with Crippen molar-refractivity contribution in [2.75, 3.05) is 0 Å². The van der Waals surface area contributed by atoms with E-state index in [9.17, 15) is 20.1 Å². The first-order chi connectivity index (χ1) is 23.6. The van der Waals surface area contributed by atoms with Crippen LogP contribution in [0.4, 0.5) is 0 Å². The van der Waals surface area contributed by atoms with Crippen LogP contribution in [-0.2, 0) is 4.79 Å². The summed E-state index contributed by atoms with van der Waals surface area (Å²) in [4.78, 5) is 13.8. The van der Waals surface area contributed by atoms with Gasteiger partial charge in [0.2, 0.25) is 0 Å². The molecule has 0 fully saturated rings. The molecule has 3 atom stereocenters. The second kappa shape index (κ2) is 16.2. The van der Waals surface area contributed by atoms with Crippen LogP contribution in [0.25, 0.3) is 33.5 Å². The van der Waals surface area contributed by atoms with Crippen molar-refractivity contribution in [3.05, 3.63) is 147 Å². The largest absolute Gasteiger partial charge is 0.397 e. The van der Waals surface area contributed by atoms with E-state index in [0.717, 1.165) is 77.9 Å². The fourth-order valence-electron chi connectivity index (χ4n) is 7.22. The van der Waals surface area contributed by atoms with Crippen LogP contribution in [0.5, 0.6) is 0 Å². The van der Waals surface area contributed by atoms with Gasteiger partial charge in [-0.05, 0) is 77.8 Å². The molecule has 4 aromatic rings. The van der Waals surface area contributed by atoms with Gasteiger partial charge >= 0.3 is 0 Å². The predicted octanol–water partition coefficient (Wildman–Crippen LogP) is 9.65. The number of allylic oxidation sites excluding steroid dienone is 2. The summed E-state index contributed by atoms with van der Waals surface area (Å²) in [5.41, 5.74) is 14.4. The molecule has 1 aliphatic heterocycles. The molecular formula is C44H48NO4U-. The first kappa shape index (κ1) is 39.2. The van der Waals surface area contributed by atoms with Crippen LogP contribution < -0.4 is 5.32 Å². The summed E-state index contributed by atoms with van der Waals surface area (Å²) in [6, 6.07) is 24.0. The molecule has 50 heavy (non-hydrogen) atoms. The molecule has 4 N–H and O–H groups in total. The Hall–Kier alpha value is -3.63. The standard InChI is InChI=1S/C40H36NO4.2C2H6.U/c1-6-26(23-9-14-30-29-12-8-22(5)16-32(29)38(43)39(44)33(30)18-23)36-35(20(2)3)37(41-40(36)45)24-10-13-27-25(17-24)19-34(42)31-15-21(4)7-11-28(27)31;2*1-2;/h7-19,34,38-39,42-44H,2,6H2,1,3-5H3,(H,41,45);2*1-2H3;/q-1;;;/b36-26-;;;. The molecule has 258 valence electrons. The number of amides is 1. The average Bonchev–Trinajstić information content (AvgIpc) is 3.46. The van der Waals surface area contributed by atoms with Gasteiger partial charge in [-0.15, -0.1) is 11.6 Å². The van der Waals surface area contributed by atoms with Gasteiger partial charge in [-0.25, -0.2) is 0 Å². The molecule has 3 aliphatic rings. The summed E-state index contributed by atoms with van der Waals surface area (Å²) in [6.07, 6.45) is -0.411. The topological polar surface area (TPSA) is 89.8 Å². The molecule has 0 radical (unpaired) electrons. The van der Waals surface area contributed by atoms with Gasteiger partial charge in [-0.1, -0.05) is 118 Å². The van der Waals surface area contributed by atoms with Crippen molar-refractivity contribution in [3.63, 3.8) is 0 Å². The number of aliphatic hydroxyl groups excluding tert-OH is 3. The number of hydrogen-bond donors (Lipinski definition) is 4. The number of hydrogen-bond acceptors (Lipinski definition) is 4. The van der Waals surface area contributed by atoms with E-state index in [2.05, 4.69) is 24.0 Å². The minimum absolute atomic E-state index is 0. The maximum atomic E-state index is 13.8. The van der Waals surface area contributed by atoms with Crippen LogP contribution >= 0.6 is 0 Å². The SMILES string of the molecule is C=C(C)C1=C(c2ccc3c(c2)[CH-]C(O)c2cc(C)ccc2-3)NC(=O)/C1=C(/CC)c1ccc2c(c1)C(O)C(O)c1cc(C)ccc1-2.CC.CC.[U]. The van der Waals surface area contributed by atoms with Crippen molar-refractivity contribution >= 4 is 17.2 Å². The zero-order chi connectivity index (χ0) is 35.7. The number of nitrogens with one attached hydrogen (secondary N) is 1. The first-order valence-electron chi connectivity index (χ1n) is 17.4. The summed E-state index contributed by atoms with van der Waals surface area (Å²) < 4.78 is 0. The zero-order valence-electron chi connectivity index (χ0n) is 30.4. The average molecular weight is 893 g/mol. The van der Waals surface area contributed by atoms with Crippen LogP contribution in [0, 0.1) is 51.4 Å². The number of benzene rings is 4. The van der Waals surface area contributed by atoms with Crippen LogP contribution in [0.3, 0.4) is 0 Å². The van der Waals surface area contributed by atoms with Gasteiger partial charge in [-0.2, -0.15) is 18.1 Å². The number of carbonyl (C=O) groups excluding carboxylic acids is 1. The third-order valence-electron chi connectivity index (χ3n) is 9.37. The molecule has 6 heteroatoms. The fourth-order valence-corrected chi connectivity index (χ4v) is 7.22. The molecule has 0 saturated carbocycles. The number of aliphatic hydroxyl groups is 3. The van der Waals surface area contributed by atoms with Crippen molar-refractivity contribution < 1.29 is 51.2 Å². The Morgan fingerprint density at radius 2 is 1.28 bits per heavy atom. The van der Waals surface area contributed by atoms with Crippen LogP contribution in [0.1, 0.15) is 111 Å². The van der Waals surface area contributed by atoms with E-state index in [1.807, 2.05) is 122 Å². The smallest absolute Gasteiger partial charge is 0.256 e. The maximum Gasteiger partial charge on any atom is 0.256 e. The van der Waals surface area contributed by atoms with E-state index in [0.29, 0.717) is 23.3 Å². The van der Waals surface area contributed by atoms with Crippen LogP contribution in [-0.4, -0.2) is 21.2 Å². The molecule has 5 nitrogen and oxygen atoms in total. The molecule has 7 rings (SSSR count). The zero-order valence-corrected chi connectivity index (χ0v) is 34.6. The molecule has 1 amide bonds. The van der Waals surface area contributed by atoms with Crippen LogP contribution in [0.2, 0.25) is 0 Å². The summed E-state index contributed by atoms with van der Waals surface area (Å²) in [5.74, 6) is -0.207. The molecular weight excluding hydrogens is 845 g/mol. The van der Waals surface area contributed by atoms with Crippen molar-refractivity contribution in [1.29, 1.82) is 0 Å². The van der Waals surface area contributed by atoms with E-state index in [1.54, 1.807) is 0 Å². The van der Waals surface area contributed by atoms with Gasteiger partial charge in [-0.3, -0.25) is 4.79 Å². The molecule has 3 unspecified atom stereocenters. The third-order valence-corrected chi connectivity index (χ3v) is 9.37. The number of carbonyl (C=O) groups is 1. The Bertz CT molecular complexity index is 2020. The quantitative estimate of drug-likeness (QED) is 0.122. The van der Waals surface area contributed by atoms with Gasteiger partial charge in [0.15, 0.2) is 0 Å². The fraction of sp³-hybridized carbons (Fsp3) is 0.273. The van der Waals surface area contributed by atoms with Gasteiger partial charge in [0.1, 0.15) is 12.2 Å². The first-order valence-corrected chi connectivity index (χ1v) is 17.4. The molecule has 2 aliphatic carbocycles. The van der Waals surface area contributed by atoms with E-state index < -0.39 is 18.3 Å². The van der Waals surface area contributed by atoms with E-state index in [1.165, 1.54) is 0 Å². The molecule has 0 spiro atoms. The van der Waals surface area contributed by atoms with E-state index in [4.69, 9.17) is 0 Å². The Balaban J connectivity index is 0.00000109. The summed E-state index contributed by atoms with van der Waals surface area (Å²) in [5, 5.41) is 36.3. The van der Waals surface area contributed by atoms with Crippen molar-refractivity contribution in [2.24, 2.45) is 0 Å². The van der Waals surface area contributed by atoms with Gasteiger partial charge in [0, 0.05) is 42.4 Å². The van der Waals surface area contributed by atoms with Crippen molar-refractivity contribution in [3.8, 4) is 22.3 Å². The van der Waals surface area contributed by atoms with Gasteiger partial charge in [0.25, 0.3) is 5.91 Å². The number of rotatable bonds is 4. The van der Waals surface area contributed by atoms with Gasteiger partial charge < -0.3 is 20.6 Å². The summed E-state index contributed by atoms with van der Waals surface area (Å²) >= 11 is 0. The molecule has 0 aromatic heterocycles. The Morgan fingerprint density at radius 3 is 1.86 bits per heavy atom. The second-order valence-electron chi connectivity index (χ2n) is 12.5. The third kappa shape index (κ3) is 6.85. The van der Waals surface area contributed by atoms with E-state index >= 15 is 0 Å². The minimum atomic E-state index is -1.09. The second-order valence-corrected chi connectivity index (χ2v) is 12.5. The Morgan fingerprint density at radius 1 is 0.760 bits per heavy atom. The van der Waals surface area contributed by atoms with Crippen LogP contribution in [0.15, 0.2) is 96.1 Å². The minimum Gasteiger partial charge on any atom is -0.397 e. The normalized spacial score (nSPS) is 19.0. The van der Waals surface area contributed by atoms with Crippen molar-refractivity contribution in [1.82, 2.24) is 5.32 Å². The molecule has 4 aromatic carbocycles. The number of fused-ring (bicyclic) bond motifs is 6. The number of aryl methyl sites for hydroxylation is 2. The molecule has 0 saturated heterocycles. The Labute approximate surface area is 321 Å². The van der Waals surface area contributed by atoms with Gasteiger partial charge in [0.05, 0.1) is 11.7 Å². The van der Waals surface area contributed by atoms with Crippen molar-refractivity contribution in [2.45, 2.75) is 80.1 Å². The summed E-state index contributed by atoms with van der Waals surface area (Å²) in [7, 11) is 0. The monoisotopic (exact) mass is 892 g/mol. The summed E-state index contributed by atoms with van der Waals surface area (Å²) in [6.45, 7) is 20.2.